The van der Waals surface area contributed by atoms with E-state index in [1.807, 2.05) is 6.07 Å². The first-order valence-corrected chi connectivity index (χ1v) is 7.74. The van der Waals surface area contributed by atoms with E-state index in [1.54, 1.807) is 0 Å². The van der Waals surface area contributed by atoms with Crippen LogP contribution in [0.2, 0.25) is 0 Å². The van der Waals surface area contributed by atoms with Gasteiger partial charge in [-0.15, -0.1) is 0 Å². The summed E-state index contributed by atoms with van der Waals surface area (Å²) in [6.07, 6.45) is 7.26. The summed E-state index contributed by atoms with van der Waals surface area (Å²) in [5.41, 5.74) is 1.12. The van der Waals surface area contributed by atoms with Crippen LogP contribution in [0.5, 0.6) is 0 Å². The molecule has 1 aromatic carbocycles. The van der Waals surface area contributed by atoms with E-state index in [9.17, 15) is 4.79 Å². The smallest absolute Gasteiger partial charge is 0.197 e. The van der Waals surface area contributed by atoms with E-state index in [0.29, 0.717) is 5.78 Å². The number of halogens is 1. The van der Waals surface area contributed by atoms with E-state index in [-0.39, 0.29) is 17.8 Å². The van der Waals surface area contributed by atoms with Gasteiger partial charge in [-0.1, -0.05) is 36.8 Å². The summed E-state index contributed by atoms with van der Waals surface area (Å²) in [5.74, 6) is 0.488. The highest BCUT2D eigenvalue weighted by Crippen LogP contribution is 2.44. The molecule has 110 valence electrons. The maximum Gasteiger partial charge on any atom is 0.197 e. The number of hydrogen-bond acceptors (Lipinski definition) is 1. The van der Waals surface area contributed by atoms with Crippen molar-refractivity contribution in [2.24, 2.45) is 0 Å². The summed E-state index contributed by atoms with van der Waals surface area (Å²) < 4.78 is 0. The second kappa shape index (κ2) is 6.73. The van der Waals surface area contributed by atoms with Crippen molar-refractivity contribution >= 4 is 5.78 Å². The van der Waals surface area contributed by atoms with Crippen molar-refractivity contribution in [3.63, 3.8) is 0 Å². The number of likely N-dealkylation sites (tertiary alicyclic amines) is 1. The number of carbonyl (C=O) groups is 1. The molecule has 0 aromatic heterocycles. The first-order valence-electron chi connectivity index (χ1n) is 7.74. The highest BCUT2D eigenvalue weighted by atomic mass is 35.5. The van der Waals surface area contributed by atoms with Gasteiger partial charge >= 0.3 is 0 Å². The van der Waals surface area contributed by atoms with Gasteiger partial charge in [-0.05, 0) is 37.7 Å². The monoisotopic (exact) mass is 293 g/mol. The number of nitrogens with one attached hydrogen (secondary N) is 1. The number of hydrogen-bond donors (Lipinski definition) is 1. The van der Waals surface area contributed by atoms with Crippen molar-refractivity contribution < 1.29 is 22.1 Å². The van der Waals surface area contributed by atoms with Crippen LogP contribution in [0.1, 0.15) is 44.1 Å². The Balaban J connectivity index is 0.00000147. The molecule has 0 radical (unpaired) electrons. The molecule has 1 aromatic rings. The molecule has 1 aliphatic heterocycles. The Morgan fingerprint density at radius 1 is 1.00 bits per heavy atom. The predicted octanol–water partition coefficient (Wildman–Crippen LogP) is -1.25. The minimum Gasteiger partial charge on any atom is -1.00 e. The number of piperidine rings is 1. The zero-order valence-corrected chi connectivity index (χ0v) is 12.8. The summed E-state index contributed by atoms with van der Waals surface area (Å²) in [6.45, 7) is 3.13. The summed E-state index contributed by atoms with van der Waals surface area (Å²) in [7, 11) is 0. The van der Waals surface area contributed by atoms with Crippen LogP contribution in [0.4, 0.5) is 0 Å². The normalized spacial score (nSPS) is 21.6. The average molecular weight is 294 g/mol. The van der Waals surface area contributed by atoms with Gasteiger partial charge < -0.3 is 17.3 Å². The molecule has 1 saturated heterocycles. The number of Topliss-reactive ketones (excluding diaryl/α,β-unsaturated/α-hetero) is 1. The van der Waals surface area contributed by atoms with Gasteiger partial charge in [-0.2, -0.15) is 0 Å². The Morgan fingerprint density at radius 2 is 1.65 bits per heavy atom. The van der Waals surface area contributed by atoms with Gasteiger partial charge in [0.1, 0.15) is 6.54 Å². The van der Waals surface area contributed by atoms with Gasteiger partial charge in [-0.25, -0.2) is 0 Å². The highest BCUT2D eigenvalue weighted by molar-refractivity contribution is 5.91. The van der Waals surface area contributed by atoms with Gasteiger partial charge in [0, 0.05) is 0 Å². The molecular weight excluding hydrogens is 270 g/mol. The Labute approximate surface area is 128 Å². The SMILES string of the molecule is O=C(C[NH+]1CCCCC1)C1(c2ccccc2)CCC1.[Cl-]. The van der Waals surface area contributed by atoms with E-state index in [2.05, 4.69) is 24.3 Å². The number of benzene rings is 1. The third-order valence-corrected chi connectivity index (χ3v) is 5.04. The first kappa shape index (κ1) is 15.5. The number of carbonyl (C=O) groups excluding carboxylic acids is 1. The summed E-state index contributed by atoms with van der Waals surface area (Å²) >= 11 is 0. The van der Waals surface area contributed by atoms with Gasteiger partial charge in [0.2, 0.25) is 0 Å². The highest BCUT2D eigenvalue weighted by Gasteiger charge is 2.46. The van der Waals surface area contributed by atoms with Crippen molar-refractivity contribution in [3.8, 4) is 0 Å². The molecule has 0 amide bonds. The number of rotatable bonds is 4. The van der Waals surface area contributed by atoms with Crippen LogP contribution in [0.15, 0.2) is 30.3 Å². The fourth-order valence-corrected chi connectivity index (χ4v) is 3.64. The van der Waals surface area contributed by atoms with Crippen molar-refractivity contribution in [2.75, 3.05) is 19.6 Å². The van der Waals surface area contributed by atoms with E-state index < -0.39 is 0 Å². The van der Waals surface area contributed by atoms with Gasteiger partial charge in [-0.3, -0.25) is 4.79 Å². The quantitative estimate of drug-likeness (QED) is 0.736. The molecule has 0 spiro atoms. The predicted molar refractivity (Wildman–Crippen MR) is 76.4 cm³/mol. The maximum absolute atomic E-state index is 12.8. The van der Waals surface area contributed by atoms with E-state index >= 15 is 0 Å². The number of ketones is 1. The lowest BCUT2D eigenvalue weighted by Gasteiger charge is -2.41. The molecule has 1 aliphatic carbocycles. The van der Waals surface area contributed by atoms with Crippen molar-refractivity contribution in [1.29, 1.82) is 0 Å². The van der Waals surface area contributed by atoms with Crippen molar-refractivity contribution in [1.82, 2.24) is 0 Å². The molecule has 1 N–H and O–H groups in total. The third kappa shape index (κ3) is 2.91. The molecule has 0 unspecified atom stereocenters. The minimum absolute atomic E-state index is 0. The van der Waals surface area contributed by atoms with Gasteiger partial charge in [0.05, 0.1) is 18.5 Å². The molecule has 2 fully saturated rings. The van der Waals surface area contributed by atoms with Crippen molar-refractivity contribution in [3.05, 3.63) is 35.9 Å². The number of quaternary nitrogens is 1. The first-order chi connectivity index (χ1) is 9.31. The van der Waals surface area contributed by atoms with Gasteiger partial charge in [0.25, 0.3) is 0 Å². The molecule has 2 nitrogen and oxygen atoms in total. The molecule has 20 heavy (non-hydrogen) atoms. The Morgan fingerprint density at radius 3 is 2.20 bits per heavy atom. The molecular formula is C17H24ClNO. The van der Waals surface area contributed by atoms with Crippen LogP contribution in [0.25, 0.3) is 0 Å². The van der Waals surface area contributed by atoms with Crippen LogP contribution < -0.4 is 17.3 Å². The summed E-state index contributed by atoms with van der Waals surface area (Å²) in [5, 5.41) is 0. The largest absolute Gasteiger partial charge is 1.00 e. The minimum atomic E-state index is -0.133. The second-order valence-corrected chi connectivity index (χ2v) is 6.21. The third-order valence-electron chi connectivity index (χ3n) is 5.04. The lowest BCUT2D eigenvalue weighted by Crippen LogP contribution is -3.14. The maximum atomic E-state index is 12.8. The van der Waals surface area contributed by atoms with Crippen LogP contribution in [-0.2, 0) is 10.2 Å². The lowest BCUT2D eigenvalue weighted by atomic mass is 9.62. The molecule has 3 heteroatoms. The Kier molecular flexibility index (Phi) is 5.22. The fraction of sp³-hybridized carbons (Fsp3) is 0.588. The van der Waals surface area contributed by atoms with Crippen LogP contribution in [0, 0.1) is 0 Å². The molecule has 1 saturated carbocycles. The average Bonchev–Trinajstić information content (AvgIpc) is 2.40. The van der Waals surface area contributed by atoms with E-state index in [4.69, 9.17) is 0 Å². The molecule has 0 atom stereocenters. The zero-order valence-electron chi connectivity index (χ0n) is 12.0. The van der Waals surface area contributed by atoms with Crippen LogP contribution in [0.3, 0.4) is 0 Å². The Bertz CT molecular complexity index is 436. The topological polar surface area (TPSA) is 21.5 Å². The zero-order chi connectivity index (χ0) is 13.1. The molecule has 1 heterocycles. The lowest BCUT2D eigenvalue weighted by molar-refractivity contribution is -0.897. The molecule has 2 aliphatic rings. The van der Waals surface area contributed by atoms with E-state index in [0.717, 1.165) is 19.4 Å². The van der Waals surface area contributed by atoms with E-state index in [1.165, 1.54) is 49.2 Å². The standard InChI is InChI=1S/C17H23NO.ClH/c19-16(14-18-12-5-2-6-13-18)17(10-7-11-17)15-8-3-1-4-9-15;/h1,3-4,8-9H,2,5-7,10-14H2;1H. The van der Waals surface area contributed by atoms with Crippen LogP contribution >= 0.6 is 0 Å². The Hall–Kier alpha value is -0.860. The summed E-state index contributed by atoms with van der Waals surface area (Å²) in [6, 6.07) is 10.5. The van der Waals surface area contributed by atoms with Crippen LogP contribution in [-0.4, -0.2) is 25.4 Å². The summed E-state index contributed by atoms with van der Waals surface area (Å²) in [4.78, 5) is 14.3. The van der Waals surface area contributed by atoms with Crippen molar-refractivity contribution in [2.45, 2.75) is 43.9 Å². The molecule has 3 rings (SSSR count). The molecule has 0 bridgehead atoms. The second-order valence-electron chi connectivity index (χ2n) is 6.21. The van der Waals surface area contributed by atoms with Gasteiger partial charge in [0.15, 0.2) is 5.78 Å². The fourth-order valence-electron chi connectivity index (χ4n) is 3.64.